The Morgan fingerprint density at radius 1 is 1.00 bits per heavy atom. The Bertz CT molecular complexity index is 836. The number of nitrogens with one attached hydrogen (secondary N) is 1. The van der Waals surface area contributed by atoms with Gasteiger partial charge in [0.15, 0.2) is 0 Å². The highest BCUT2D eigenvalue weighted by atomic mass is 16.5. The highest BCUT2D eigenvalue weighted by Crippen LogP contribution is 2.30. The molecule has 0 atom stereocenters. The van der Waals surface area contributed by atoms with Gasteiger partial charge >= 0.3 is 0 Å². The zero-order chi connectivity index (χ0) is 20.1. The minimum atomic E-state index is -0.130. The number of amides is 2. The highest BCUT2D eigenvalue weighted by Gasteiger charge is 2.18. The molecule has 0 aliphatic heterocycles. The number of hydrogen-bond donors (Lipinski definition) is 1. The molecule has 0 aliphatic rings. The predicted octanol–water partition coefficient (Wildman–Crippen LogP) is 4.31. The average Bonchev–Trinajstić information content (AvgIpc) is 2.58. The Labute approximate surface area is 161 Å². The molecule has 0 heterocycles. The van der Waals surface area contributed by atoms with E-state index in [1.165, 1.54) is 6.92 Å². The lowest BCUT2D eigenvalue weighted by molar-refractivity contribution is -0.117. The summed E-state index contributed by atoms with van der Waals surface area (Å²) >= 11 is 0. The minimum Gasteiger partial charge on any atom is -0.495 e. The summed E-state index contributed by atoms with van der Waals surface area (Å²) in [5.74, 6) is 0.360. The molecule has 0 spiro atoms. The molecule has 0 aromatic heterocycles. The molecule has 0 fully saturated rings. The van der Waals surface area contributed by atoms with Crippen molar-refractivity contribution in [2.45, 2.75) is 41.0 Å². The number of anilines is 2. The standard InChI is InChI=1S/C22H28N2O3/c1-14-7-8-20(27-6)19(13-14)24(18(5)25)10-9-21(26)23-22-16(3)11-15(2)12-17(22)4/h7-8,11-13H,9-10H2,1-6H3,(H,23,26). The fourth-order valence-corrected chi connectivity index (χ4v) is 3.25. The van der Waals surface area contributed by atoms with E-state index < -0.39 is 0 Å². The van der Waals surface area contributed by atoms with Crippen LogP contribution >= 0.6 is 0 Å². The second kappa shape index (κ2) is 8.71. The van der Waals surface area contributed by atoms with Crippen molar-refractivity contribution in [1.29, 1.82) is 0 Å². The van der Waals surface area contributed by atoms with Crippen LogP contribution in [0.4, 0.5) is 11.4 Å². The van der Waals surface area contributed by atoms with Crippen LogP contribution in [-0.2, 0) is 9.59 Å². The SMILES string of the molecule is COc1ccc(C)cc1N(CCC(=O)Nc1c(C)cc(C)cc1C)C(C)=O. The third-order valence-corrected chi connectivity index (χ3v) is 4.51. The van der Waals surface area contributed by atoms with Crippen molar-refractivity contribution in [3.8, 4) is 5.75 Å². The van der Waals surface area contributed by atoms with Gasteiger partial charge in [0.2, 0.25) is 11.8 Å². The van der Waals surface area contributed by atoms with E-state index in [0.717, 1.165) is 27.9 Å². The lowest BCUT2D eigenvalue weighted by Crippen LogP contribution is -2.32. The van der Waals surface area contributed by atoms with Gasteiger partial charge in [-0.3, -0.25) is 9.59 Å². The van der Waals surface area contributed by atoms with Crippen LogP contribution < -0.4 is 15.0 Å². The minimum absolute atomic E-state index is 0.122. The molecular formula is C22H28N2O3. The van der Waals surface area contributed by atoms with E-state index in [9.17, 15) is 9.59 Å². The van der Waals surface area contributed by atoms with Crippen molar-refractivity contribution in [3.05, 3.63) is 52.6 Å². The molecule has 144 valence electrons. The molecule has 27 heavy (non-hydrogen) atoms. The summed E-state index contributed by atoms with van der Waals surface area (Å²) in [6, 6.07) is 9.74. The Kier molecular flexibility index (Phi) is 6.61. The quantitative estimate of drug-likeness (QED) is 0.826. The van der Waals surface area contributed by atoms with Gasteiger partial charge in [-0.25, -0.2) is 0 Å². The van der Waals surface area contributed by atoms with Crippen LogP contribution in [0.2, 0.25) is 0 Å². The molecule has 2 amide bonds. The number of benzene rings is 2. The fourth-order valence-electron chi connectivity index (χ4n) is 3.25. The number of methoxy groups -OCH3 is 1. The van der Waals surface area contributed by atoms with Crippen LogP contribution in [0.25, 0.3) is 0 Å². The number of aryl methyl sites for hydroxylation is 4. The summed E-state index contributed by atoms with van der Waals surface area (Å²) in [6.45, 7) is 9.73. The topological polar surface area (TPSA) is 58.6 Å². The second-order valence-electron chi connectivity index (χ2n) is 6.92. The van der Waals surface area contributed by atoms with Crippen molar-refractivity contribution >= 4 is 23.2 Å². The maximum absolute atomic E-state index is 12.5. The van der Waals surface area contributed by atoms with E-state index in [0.29, 0.717) is 11.4 Å². The number of carbonyl (C=O) groups is 2. The first kappa shape index (κ1) is 20.5. The van der Waals surface area contributed by atoms with Gasteiger partial charge in [0.1, 0.15) is 5.75 Å². The van der Waals surface area contributed by atoms with Crippen molar-refractivity contribution in [3.63, 3.8) is 0 Å². The molecule has 5 heteroatoms. The average molecular weight is 368 g/mol. The normalized spacial score (nSPS) is 10.4. The van der Waals surface area contributed by atoms with Crippen LogP contribution in [0, 0.1) is 27.7 Å². The van der Waals surface area contributed by atoms with Crippen LogP contribution in [-0.4, -0.2) is 25.5 Å². The third-order valence-electron chi connectivity index (χ3n) is 4.51. The maximum atomic E-state index is 12.5. The fraction of sp³-hybridized carbons (Fsp3) is 0.364. The lowest BCUT2D eigenvalue weighted by Gasteiger charge is -2.24. The van der Waals surface area contributed by atoms with E-state index in [-0.39, 0.29) is 24.8 Å². The van der Waals surface area contributed by atoms with E-state index >= 15 is 0 Å². The van der Waals surface area contributed by atoms with E-state index in [1.54, 1.807) is 12.0 Å². The van der Waals surface area contributed by atoms with Crippen molar-refractivity contribution < 1.29 is 14.3 Å². The molecule has 0 radical (unpaired) electrons. The molecular weight excluding hydrogens is 340 g/mol. The third kappa shape index (κ3) is 5.09. The van der Waals surface area contributed by atoms with Crippen LogP contribution in [0.5, 0.6) is 5.75 Å². The summed E-state index contributed by atoms with van der Waals surface area (Å²) in [6.07, 6.45) is 0.198. The first-order valence-electron chi connectivity index (χ1n) is 9.03. The monoisotopic (exact) mass is 368 g/mol. The summed E-state index contributed by atoms with van der Waals surface area (Å²) in [4.78, 5) is 26.3. The number of carbonyl (C=O) groups excluding carboxylic acids is 2. The van der Waals surface area contributed by atoms with Gasteiger partial charge in [0, 0.05) is 25.6 Å². The summed E-state index contributed by atoms with van der Waals surface area (Å²) in [7, 11) is 1.57. The summed E-state index contributed by atoms with van der Waals surface area (Å²) < 4.78 is 5.38. The Balaban J connectivity index is 2.14. The smallest absolute Gasteiger partial charge is 0.226 e. The molecule has 0 saturated heterocycles. The van der Waals surface area contributed by atoms with Crippen molar-refractivity contribution in [2.24, 2.45) is 0 Å². The Morgan fingerprint density at radius 3 is 2.19 bits per heavy atom. The highest BCUT2D eigenvalue weighted by molar-refractivity contribution is 5.96. The van der Waals surface area contributed by atoms with Crippen LogP contribution in [0.1, 0.15) is 35.6 Å². The second-order valence-corrected chi connectivity index (χ2v) is 6.92. The van der Waals surface area contributed by atoms with Gasteiger partial charge in [-0.15, -0.1) is 0 Å². The molecule has 0 bridgehead atoms. The van der Waals surface area contributed by atoms with Gasteiger partial charge in [0.05, 0.1) is 12.8 Å². The van der Waals surface area contributed by atoms with Crippen LogP contribution in [0.15, 0.2) is 30.3 Å². The van der Waals surface area contributed by atoms with Crippen molar-refractivity contribution in [1.82, 2.24) is 0 Å². The molecule has 5 nitrogen and oxygen atoms in total. The van der Waals surface area contributed by atoms with Gasteiger partial charge < -0.3 is 15.0 Å². The van der Waals surface area contributed by atoms with E-state index in [1.807, 2.05) is 58.0 Å². The van der Waals surface area contributed by atoms with Crippen LogP contribution in [0.3, 0.4) is 0 Å². The Hall–Kier alpha value is -2.82. The molecule has 2 aromatic carbocycles. The molecule has 0 unspecified atom stereocenters. The Morgan fingerprint density at radius 2 is 1.63 bits per heavy atom. The zero-order valence-electron chi connectivity index (χ0n) is 17.0. The van der Waals surface area contributed by atoms with Gasteiger partial charge in [-0.1, -0.05) is 23.8 Å². The van der Waals surface area contributed by atoms with Gasteiger partial charge in [-0.05, 0) is 56.5 Å². The molecule has 2 aromatic rings. The maximum Gasteiger partial charge on any atom is 0.226 e. The van der Waals surface area contributed by atoms with Gasteiger partial charge in [-0.2, -0.15) is 0 Å². The van der Waals surface area contributed by atoms with E-state index in [2.05, 4.69) is 5.32 Å². The van der Waals surface area contributed by atoms with Gasteiger partial charge in [0.25, 0.3) is 0 Å². The molecule has 0 aliphatic carbocycles. The molecule has 2 rings (SSSR count). The first-order chi connectivity index (χ1) is 12.7. The number of rotatable bonds is 6. The van der Waals surface area contributed by atoms with E-state index in [4.69, 9.17) is 4.74 Å². The molecule has 1 N–H and O–H groups in total. The molecule has 0 saturated carbocycles. The largest absolute Gasteiger partial charge is 0.495 e. The zero-order valence-corrected chi connectivity index (χ0v) is 17.0. The predicted molar refractivity (Wildman–Crippen MR) is 110 cm³/mol. The number of ether oxygens (including phenoxy) is 1. The first-order valence-corrected chi connectivity index (χ1v) is 9.03. The lowest BCUT2D eigenvalue weighted by atomic mass is 10.0. The summed E-state index contributed by atoms with van der Waals surface area (Å²) in [5.41, 5.74) is 5.77. The number of nitrogens with zero attached hydrogens (tertiary/aromatic N) is 1. The number of hydrogen-bond acceptors (Lipinski definition) is 3. The van der Waals surface area contributed by atoms with Crippen molar-refractivity contribution in [2.75, 3.05) is 23.9 Å². The summed E-state index contributed by atoms with van der Waals surface area (Å²) in [5, 5.41) is 2.98.